The van der Waals surface area contributed by atoms with Crippen LogP contribution in [0.5, 0.6) is 5.75 Å². The maximum atomic E-state index is 14.9. The highest BCUT2D eigenvalue weighted by Crippen LogP contribution is 2.59. The Kier molecular flexibility index (Phi) is 10.3. The van der Waals surface area contributed by atoms with E-state index < -0.39 is 72.2 Å². The van der Waals surface area contributed by atoms with Gasteiger partial charge in [-0.15, -0.1) is 0 Å². The number of amides is 3. The summed E-state index contributed by atoms with van der Waals surface area (Å²) in [6.45, 7) is 1.39. The van der Waals surface area contributed by atoms with Crippen LogP contribution in [-0.2, 0) is 33.4 Å². The lowest BCUT2D eigenvalue weighted by molar-refractivity contribution is -0.162. The van der Waals surface area contributed by atoms with Crippen LogP contribution in [0.25, 0.3) is 0 Å². The number of cyclic esters (lactones) is 1. The molecule has 4 aliphatic heterocycles. The summed E-state index contributed by atoms with van der Waals surface area (Å²) >= 11 is 3.57. The third-order valence-electron chi connectivity index (χ3n) is 9.68. The zero-order valence-corrected chi connectivity index (χ0v) is 29.1. The fourth-order valence-corrected chi connectivity index (χ4v) is 8.14. The van der Waals surface area contributed by atoms with Gasteiger partial charge in [0, 0.05) is 30.2 Å². The highest BCUT2D eigenvalue weighted by Gasteiger charge is 2.75. The van der Waals surface area contributed by atoms with E-state index in [2.05, 4.69) is 21.2 Å². The Morgan fingerprint density at radius 3 is 2.43 bits per heavy atom. The topological polar surface area (TPSA) is 144 Å². The van der Waals surface area contributed by atoms with E-state index in [1.165, 1.54) is 16.9 Å². The van der Waals surface area contributed by atoms with E-state index in [0.29, 0.717) is 27.9 Å². The van der Waals surface area contributed by atoms with Gasteiger partial charge in [0.25, 0.3) is 5.91 Å². The maximum absolute atomic E-state index is 14.9. The van der Waals surface area contributed by atoms with E-state index >= 15 is 0 Å². The average molecular weight is 739 g/mol. The van der Waals surface area contributed by atoms with Crippen molar-refractivity contribution in [3.8, 4) is 5.75 Å². The van der Waals surface area contributed by atoms with Crippen molar-refractivity contribution >= 4 is 45.3 Å². The average Bonchev–Trinajstić information content (AvgIpc) is 3.71. The van der Waals surface area contributed by atoms with Gasteiger partial charge in [0.2, 0.25) is 11.8 Å². The Morgan fingerprint density at radius 1 is 1.02 bits per heavy atom. The number of halogens is 1. The van der Waals surface area contributed by atoms with Crippen molar-refractivity contribution in [3.63, 3.8) is 0 Å². The molecule has 2 aromatic rings. The summed E-state index contributed by atoms with van der Waals surface area (Å²) in [4.78, 5) is 60.0. The number of aliphatic hydroxyl groups excluding tert-OH is 1. The quantitative estimate of drug-likeness (QED) is 0.324. The molecule has 260 valence electrons. The molecule has 2 saturated heterocycles. The van der Waals surface area contributed by atoms with Crippen LogP contribution in [0.2, 0.25) is 0 Å². The highest BCUT2D eigenvalue weighted by atomic mass is 79.9. The molecule has 3 amide bonds. The molecule has 6 rings (SSSR count). The van der Waals surface area contributed by atoms with E-state index in [1.54, 1.807) is 74.7 Å². The number of rotatable bonds is 7. The largest absolute Gasteiger partial charge is 0.497 e. The van der Waals surface area contributed by atoms with Gasteiger partial charge in [-0.2, -0.15) is 0 Å². The lowest BCUT2D eigenvalue weighted by atomic mass is 9.74. The third kappa shape index (κ3) is 6.29. The fourth-order valence-electron chi connectivity index (χ4n) is 7.40. The van der Waals surface area contributed by atoms with Crippen LogP contribution in [0, 0.1) is 11.8 Å². The first kappa shape index (κ1) is 34.8. The predicted molar refractivity (Wildman–Crippen MR) is 182 cm³/mol. The number of likely N-dealkylation sites (tertiary alicyclic amines) is 1. The van der Waals surface area contributed by atoms with Gasteiger partial charge in [-0.3, -0.25) is 19.2 Å². The number of hydrogen-bond donors (Lipinski definition) is 2. The SMILES string of the molecule is COC[C@@H]1NC(=O)CC/C=C\CN(c2ccc(OC)cc2)C(=O)[C@H]2N([C@H](C)CO)C(=O)[C@@H]3[C@@H](C(=O)O[C@H]1c1ccccc1)[C@@H]1O[C@@]32C=C1Br. The van der Waals surface area contributed by atoms with E-state index in [1.807, 2.05) is 12.1 Å². The maximum Gasteiger partial charge on any atom is 0.313 e. The number of benzene rings is 2. The molecule has 5 bridgehead atoms. The molecule has 0 radical (unpaired) electrons. The normalized spacial score (nSPS) is 31.6. The van der Waals surface area contributed by atoms with Gasteiger partial charge in [-0.25, -0.2) is 0 Å². The van der Waals surface area contributed by atoms with Crippen molar-refractivity contribution in [2.75, 3.05) is 38.9 Å². The number of anilines is 1. The Balaban J connectivity index is 1.48. The molecule has 13 heteroatoms. The number of nitrogens with one attached hydrogen (secondary N) is 1. The van der Waals surface area contributed by atoms with Crippen molar-refractivity contribution in [1.29, 1.82) is 0 Å². The van der Waals surface area contributed by atoms with Gasteiger partial charge in [0.1, 0.15) is 35.5 Å². The van der Waals surface area contributed by atoms with Crippen molar-refractivity contribution in [2.24, 2.45) is 11.8 Å². The number of hydrogen-bond acceptors (Lipinski definition) is 9. The first-order valence-electron chi connectivity index (χ1n) is 16.3. The zero-order valence-electron chi connectivity index (χ0n) is 27.5. The number of allylic oxidation sites excluding steroid dienone is 1. The number of ether oxygens (including phenoxy) is 4. The van der Waals surface area contributed by atoms with E-state index in [-0.39, 0.29) is 25.5 Å². The van der Waals surface area contributed by atoms with Crippen LogP contribution in [0.4, 0.5) is 5.69 Å². The summed E-state index contributed by atoms with van der Waals surface area (Å²) in [5.41, 5.74) is -0.370. The first-order chi connectivity index (χ1) is 23.6. The zero-order chi connectivity index (χ0) is 34.9. The molecule has 4 aliphatic rings. The second kappa shape index (κ2) is 14.4. The number of aliphatic hydroxyl groups is 1. The number of carbonyl (C=O) groups excluding carboxylic acids is 4. The Labute approximate surface area is 293 Å². The molecule has 0 saturated carbocycles. The number of fused-ring (bicyclic) bond motifs is 2. The number of esters is 1. The van der Waals surface area contributed by atoms with Gasteiger partial charge in [-0.1, -0.05) is 58.4 Å². The molecule has 8 atom stereocenters. The second-order valence-electron chi connectivity index (χ2n) is 12.7. The minimum atomic E-state index is -1.53. The van der Waals surface area contributed by atoms with E-state index in [9.17, 15) is 24.3 Å². The Bertz CT molecular complexity index is 1630. The van der Waals surface area contributed by atoms with Crippen molar-refractivity contribution in [2.45, 2.75) is 55.7 Å². The van der Waals surface area contributed by atoms with Crippen LogP contribution in [0.1, 0.15) is 31.4 Å². The first-order valence-corrected chi connectivity index (χ1v) is 17.1. The standard InChI is InChI=1S/C36H40BrN3O9/c1-21(19-41)40-32-34(44)39(23-13-15-24(47-3)16-14-23)17-9-5-8-12-27(42)38-26(20-46-2)30(22-10-6-4-7-11-22)48-35(45)28-29(33(40)43)36(32)18-25(37)31(28)49-36/h4-7,9-11,13-16,18,21,26,28-32,41H,8,12,17,19-20H2,1-3H3,(H,38,42)/b9-5-/t21-,26+,28-,29+,30+,31-,32-,36+/m1/s1. The van der Waals surface area contributed by atoms with Gasteiger partial charge in [0.05, 0.1) is 38.3 Å². The molecule has 2 N–H and O–H groups in total. The van der Waals surface area contributed by atoms with Gasteiger partial charge in [-0.05, 0) is 49.2 Å². The smallest absolute Gasteiger partial charge is 0.313 e. The molecule has 0 aromatic heterocycles. The molecule has 1 spiro atoms. The van der Waals surface area contributed by atoms with E-state index in [4.69, 9.17) is 18.9 Å². The lowest BCUT2D eigenvalue weighted by Gasteiger charge is -2.37. The molecular formula is C36H40BrN3O9. The number of nitrogens with zero attached hydrogens (tertiary/aromatic N) is 2. The van der Waals surface area contributed by atoms with Crippen LogP contribution in [0.3, 0.4) is 0 Å². The van der Waals surface area contributed by atoms with Crippen LogP contribution in [0.15, 0.2) is 77.3 Å². The number of carbonyl (C=O) groups is 4. The molecule has 0 unspecified atom stereocenters. The van der Waals surface area contributed by atoms with Gasteiger partial charge in [0.15, 0.2) is 0 Å². The Morgan fingerprint density at radius 2 is 1.76 bits per heavy atom. The summed E-state index contributed by atoms with van der Waals surface area (Å²) in [5, 5.41) is 13.3. The van der Waals surface area contributed by atoms with E-state index in [0.717, 1.165) is 0 Å². The molecule has 49 heavy (non-hydrogen) atoms. The molecular weight excluding hydrogens is 698 g/mol. The van der Waals surface area contributed by atoms with Crippen molar-refractivity contribution in [3.05, 3.63) is 82.9 Å². The molecule has 2 aromatic carbocycles. The minimum Gasteiger partial charge on any atom is -0.497 e. The summed E-state index contributed by atoms with van der Waals surface area (Å²) in [5.74, 6) is -3.60. The molecule has 12 nitrogen and oxygen atoms in total. The highest BCUT2D eigenvalue weighted by molar-refractivity contribution is 9.11. The van der Waals surface area contributed by atoms with Crippen molar-refractivity contribution < 1.29 is 43.2 Å². The molecule has 4 heterocycles. The summed E-state index contributed by atoms with van der Waals surface area (Å²) in [6.07, 6.45) is 3.98. The van der Waals surface area contributed by atoms with Crippen LogP contribution in [-0.4, -0.2) is 97.5 Å². The van der Waals surface area contributed by atoms with Crippen molar-refractivity contribution in [1.82, 2.24) is 10.2 Å². The van der Waals surface area contributed by atoms with Gasteiger partial charge < -0.3 is 39.2 Å². The molecule has 2 fully saturated rings. The summed E-state index contributed by atoms with van der Waals surface area (Å²) in [7, 11) is 3.04. The fraction of sp³-hybridized carbons (Fsp3) is 0.444. The third-order valence-corrected chi connectivity index (χ3v) is 10.4. The van der Waals surface area contributed by atoms with Gasteiger partial charge >= 0.3 is 5.97 Å². The summed E-state index contributed by atoms with van der Waals surface area (Å²) < 4.78 is 24.2. The predicted octanol–water partition coefficient (Wildman–Crippen LogP) is 3.05. The number of methoxy groups -OCH3 is 2. The second-order valence-corrected chi connectivity index (χ2v) is 13.6. The summed E-state index contributed by atoms with van der Waals surface area (Å²) in [6, 6.07) is 13.2. The molecule has 0 aliphatic carbocycles. The monoisotopic (exact) mass is 737 g/mol. The minimum absolute atomic E-state index is 0.0457. The van der Waals surface area contributed by atoms with Crippen LogP contribution < -0.4 is 15.0 Å². The Hall–Kier alpha value is -4.04. The van der Waals surface area contributed by atoms with Crippen LogP contribution >= 0.6 is 15.9 Å². The lowest BCUT2D eigenvalue weighted by Crippen LogP contribution is -2.58.